The molecule has 1 heterocycles. The third kappa shape index (κ3) is 3.15. The van der Waals surface area contributed by atoms with Crippen molar-refractivity contribution in [2.75, 3.05) is 43.4 Å². The van der Waals surface area contributed by atoms with Gasteiger partial charge in [0.2, 0.25) is 0 Å². The number of nitrogens with one attached hydrogen (secondary N) is 1. The number of rotatable bonds is 2. The lowest BCUT2D eigenvalue weighted by atomic mass is 10.2. The largest absolute Gasteiger partial charge is 0.471 e. The lowest BCUT2D eigenvalue weighted by Gasteiger charge is -2.36. The molecule has 20 heavy (non-hydrogen) atoms. The summed E-state index contributed by atoms with van der Waals surface area (Å²) in [6.07, 6.45) is -4.78. The van der Waals surface area contributed by atoms with Crippen LogP contribution in [0.5, 0.6) is 0 Å². The number of halogens is 3. The zero-order chi connectivity index (χ0) is 14.8. The van der Waals surface area contributed by atoms with E-state index in [1.54, 1.807) is 0 Å². The molecule has 0 bridgehead atoms. The van der Waals surface area contributed by atoms with Crippen molar-refractivity contribution in [3.63, 3.8) is 0 Å². The summed E-state index contributed by atoms with van der Waals surface area (Å²) in [7, 11) is 1.82. The number of hydrogen-bond acceptors (Lipinski definition) is 3. The van der Waals surface area contributed by atoms with Gasteiger partial charge in [-0.15, -0.1) is 0 Å². The van der Waals surface area contributed by atoms with Crippen LogP contribution in [0.25, 0.3) is 0 Å². The maximum absolute atomic E-state index is 12.3. The normalized spacial score (nSPS) is 16.2. The molecule has 0 aromatic heterocycles. The average Bonchev–Trinajstić information content (AvgIpc) is 2.46. The molecule has 1 aliphatic heterocycles. The Balaban J connectivity index is 1.95. The van der Waals surface area contributed by atoms with Gasteiger partial charge in [-0.3, -0.25) is 4.79 Å². The Kier molecular flexibility index (Phi) is 4.06. The Hall–Kier alpha value is -1.92. The Morgan fingerprint density at radius 2 is 1.65 bits per heavy atom. The van der Waals surface area contributed by atoms with E-state index >= 15 is 0 Å². The zero-order valence-electron chi connectivity index (χ0n) is 11.1. The molecule has 0 saturated carbocycles. The molecule has 1 saturated heterocycles. The second-order valence-corrected chi connectivity index (χ2v) is 4.57. The van der Waals surface area contributed by atoms with Gasteiger partial charge in [0.25, 0.3) is 0 Å². The van der Waals surface area contributed by atoms with Gasteiger partial charge in [0, 0.05) is 44.6 Å². The van der Waals surface area contributed by atoms with Crippen LogP contribution in [0.3, 0.4) is 0 Å². The number of piperazine rings is 1. The molecule has 110 valence electrons. The summed E-state index contributed by atoms with van der Waals surface area (Å²) in [6, 6.07) is 7.63. The highest BCUT2D eigenvalue weighted by Gasteiger charge is 2.43. The summed E-state index contributed by atoms with van der Waals surface area (Å²) in [5.74, 6) is -1.75. The van der Waals surface area contributed by atoms with E-state index in [9.17, 15) is 18.0 Å². The first kappa shape index (κ1) is 14.5. The minimum atomic E-state index is -4.78. The van der Waals surface area contributed by atoms with Crippen LogP contribution in [0.2, 0.25) is 0 Å². The summed E-state index contributed by atoms with van der Waals surface area (Å²) < 4.78 is 37.0. The molecule has 0 radical (unpaired) electrons. The molecule has 2 rings (SSSR count). The lowest BCUT2D eigenvalue weighted by molar-refractivity contribution is -0.185. The van der Waals surface area contributed by atoms with Crippen LogP contribution in [0, 0.1) is 0 Å². The molecular formula is C13H16F3N3O. The fourth-order valence-corrected chi connectivity index (χ4v) is 2.19. The molecule has 0 aliphatic carbocycles. The number of benzene rings is 1. The average molecular weight is 287 g/mol. The van der Waals surface area contributed by atoms with E-state index in [1.807, 2.05) is 36.2 Å². The molecule has 0 unspecified atom stereocenters. The number of nitrogens with zero attached hydrogens (tertiary/aromatic N) is 2. The third-order valence-electron chi connectivity index (χ3n) is 3.33. The minimum Gasteiger partial charge on any atom is -0.388 e. The van der Waals surface area contributed by atoms with E-state index in [1.165, 1.54) is 0 Å². The van der Waals surface area contributed by atoms with Crippen LogP contribution >= 0.6 is 0 Å². The van der Waals surface area contributed by atoms with Gasteiger partial charge in [0.15, 0.2) is 0 Å². The van der Waals surface area contributed by atoms with Crippen LogP contribution in [-0.4, -0.2) is 50.2 Å². The Labute approximate surface area is 115 Å². The number of amides is 1. The predicted octanol–water partition coefficient (Wildman–Crippen LogP) is 1.94. The van der Waals surface area contributed by atoms with Crippen molar-refractivity contribution in [1.82, 2.24) is 4.90 Å². The van der Waals surface area contributed by atoms with Gasteiger partial charge in [-0.2, -0.15) is 13.2 Å². The summed E-state index contributed by atoms with van der Waals surface area (Å²) in [6.45, 7) is 0.986. The number of hydrogen-bond donors (Lipinski definition) is 1. The molecule has 7 heteroatoms. The van der Waals surface area contributed by atoms with Crippen LogP contribution in [0.15, 0.2) is 24.3 Å². The second kappa shape index (κ2) is 5.60. The van der Waals surface area contributed by atoms with Crippen molar-refractivity contribution in [2.45, 2.75) is 6.18 Å². The van der Waals surface area contributed by atoms with Crippen molar-refractivity contribution < 1.29 is 18.0 Å². The molecule has 1 aromatic carbocycles. The van der Waals surface area contributed by atoms with Gasteiger partial charge in [0.1, 0.15) is 0 Å². The highest BCUT2D eigenvalue weighted by Crippen LogP contribution is 2.22. The van der Waals surface area contributed by atoms with Gasteiger partial charge in [-0.25, -0.2) is 0 Å². The third-order valence-corrected chi connectivity index (χ3v) is 3.33. The quantitative estimate of drug-likeness (QED) is 0.903. The molecule has 4 nitrogen and oxygen atoms in total. The van der Waals surface area contributed by atoms with Gasteiger partial charge in [-0.1, -0.05) is 0 Å². The minimum absolute atomic E-state index is 0.0894. The predicted molar refractivity (Wildman–Crippen MR) is 70.8 cm³/mol. The van der Waals surface area contributed by atoms with Crippen molar-refractivity contribution >= 4 is 17.3 Å². The molecule has 1 amide bonds. The van der Waals surface area contributed by atoms with E-state index < -0.39 is 12.1 Å². The van der Waals surface area contributed by atoms with E-state index in [0.717, 1.165) is 16.3 Å². The molecular weight excluding hydrogens is 271 g/mol. The van der Waals surface area contributed by atoms with Crippen molar-refractivity contribution in [2.24, 2.45) is 0 Å². The highest BCUT2D eigenvalue weighted by atomic mass is 19.4. The van der Waals surface area contributed by atoms with Crippen LogP contribution in [-0.2, 0) is 4.79 Å². The zero-order valence-corrected chi connectivity index (χ0v) is 11.1. The van der Waals surface area contributed by atoms with E-state index in [-0.39, 0.29) is 13.1 Å². The first-order valence-corrected chi connectivity index (χ1v) is 6.30. The molecule has 0 spiro atoms. The fraction of sp³-hybridized carbons (Fsp3) is 0.462. The maximum atomic E-state index is 12.3. The number of carbonyl (C=O) groups excluding carboxylic acids is 1. The van der Waals surface area contributed by atoms with Gasteiger partial charge >= 0.3 is 12.1 Å². The molecule has 1 N–H and O–H groups in total. The standard InChI is InChI=1S/C13H16F3N3O/c1-17-10-2-4-11(5-3-10)18-6-8-19(9-7-18)12(20)13(14,15)16/h2-5,17H,6-9H2,1H3. The molecule has 1 fully saturated rings. The maximum Gasteiger partial charge on any atom is 0.471 e. The first-order chi connectivity index (χ1) is 9.41. The summed E-state index contributed by atoms with van der Waals surface area (Å²) in [4.78, 5) is 14.0. The summed E-state index contributed by atoms with van der Waals surface area (Å²) in [5.41, 5.74) is 1.92. The second-order valence-electron chi connectivity index (χ2n) is 4.57. The summed E-state index contributed by atoms with van der Waals surface area (Å²) >= 11 is 0. The fourth-order valence-electron chi connectivity index (χ4n) is 2.19. The Morgan fingerprint density at radius 1 is 1.10 bits per heavy atom. The monoisotopic (exact) mass is 287 g/mol. The number of anilines is 2. The van der Waals surface area contributed by atoms with Crippen LogP contribution < -0.4 is 10.2 Å². The molecule has 1 aromatic rings. The molecule has 0 atom stereocenters. The van der Waals surface area contributed by atoms with E-state index in [2.05, 4.69) is 5.32 Å². The first-order valence-electron chi connectivity index (χ1n) is 6.30. The van der Waals surface area contributed by atoms with Crippen molar-refractivity contribution in [1.29, 1.82) is 0 Å². The van der Waals surface area contributed by atoms with Crippen LogP contribution in [0.1, 0.15) is 0 Å². The van der Waals surface area contributed by atoms with Crippen molar-refractivity contribution in [3.8, 4) is 0 Å². The Morgan fingerprint density at radius 3 is 2.10 bits per heavy atom. The Bertz CT molecular complexity index is 465. The van der Waals surface area contributed by atoms with Gasteiger partial charge in [-0.05, 0) is 24.3 Å². The highest BCUT2D eigenvalue weighted by molar-refractivity contribution is 5.82. The number of alkyl halides is 3. The topological polar surface area (TPSA) is 35.6 Å². The number of carbonyl (C=O) groups is 1. The summed E-state index contributed by atoms with van der Waals surface area (Å²) in [5, 5.41) is 3.00. The SMILES string of the molecule is CNc1ccc(N2CCN(C(=O)C(F)(F)F)CC2)cc1. The van der Waals surface area contributed by atoms with E-state index in [4.69, 9.17) is 0 Å². The van der Waals surface area contributed by atoms with Crippen LogP contribution in [0.4, 0.5) is 24.5 Å². The smallest absolute Gasteiger partial charge is 0.388 e. The lowest BCUT2D eigenvalue weighted by Crippen LogP contribution is -2.52. The van der Waals surface area contributed by atoms with Gasteiger partial charge in [0.05, 0.1) is 0 Å². The van der Waals surface area contributed by atoms with Gasteiger partial charge < -0.3 is 15.1 Å². The molecule has 1 aliphatic rings. The van der Waals surface area contributed by atoms with Crippen molar-refractivity contribution in [3.05, 3.63) is 24.3 Å². The van der Waals surface area contributed by atoms with E-state index in [0.29, 0.717) is 13.1 Å².